The van der Waals surface area contributed by atoms with Gasteiger partial charge in [0.2, 0.25) is 5.91 Å². The minimum atomic E-state index is -0.582. The zero-order valence-electron chi connectivity index (χ0n) is 14.5. The van der Waals surface area contributed by atoms with Gasteiger partial charge in [-0.3, -0.25) is 9.69 Å². The van der Waals surface area contributed by atoms with Gasteiger partial charge in [-0.2, -0.15) is 0 Å². The van der Waals surface area contributed by atoms with E-state index in [4.69, 9.17) is 4.74 Å². The van der Waals surface area contributed by atoms with Crippen molar-refractivity contribution >= 4 is 5.91 Å². The number of hydrogen-bond donors (Lipinski definition) is 0. The third kappa shape index (κ3) is 5.02. The minimum absolute atomic E-state index is 0.0729. The van der Waals surface area contributed by atoms with Crippen LogP contribution in [0.1, 0.15) is 12.0 Å². The summed E-state index contributed by atoms with van der Waals surface area (Å²) in [5.41, 5.74) is 0.444. The van der Waals surface area contributed by atoms with Gasteiger partial charge in [-0.25, -0.2) is 8.78 Å². The van der Waals surface area contributed by atoms with Crippen LogP contribution < -0.4 is 4.74 Å². The van der Waals surface area contributed by atoms with Gasteiger partial charge in [0.1, 0.15) is 24.0 Å². The molecule has 26 heavy (non-hydrogen) atoms. The fourth-order valence-electron chi connectivity index (χ4n) is 2.99. The van der Waals surface area contributed by atoms with E-state index >= 15 is 0 Å². The lowest BCUT2D eigenvalue weighted by atomic mass is 10.2. The Labute approximate surface area is 152 Å². The van der Waals surface area contributed by atoms with Crippen molar-refractivity contribution in [3.05, 3.63) is 65.7 Å². The maximum Gasteiger partial charge on any atom is 0.224 e. The average Bonchev–Trinajstić information content (AvgIpc) is 2.81. The number of nitrogens with zero attached hydrogens (tertiary/aromatic N) is 2. The molecule has 0 saturated carbocycles. The maximum absolute atomic E-state index is 13.8. The number of hydrogen-bond acceptors (Lipinski definition) is 3. The third-order valence-corrected chi connectivity index (χ3v) is 4.46. The van der Waals surface area contributed by atoms with Crippen molar-refractivity contribution in [2.75, 3.05) is 32.8 Å². The molecule has 138 valence electrons. The van der Waals surface area contributed by atoms with E-state index in [0.717, 1.165) is 11.8 Å². The number of benzene rings is 2. The van der Waals surface area contributed by atoms with E-state index < -0.39 is 11.6 Å². The van der Waals surface area contributed by atoms with Crippen LogP contribution in [0.25, 0.3) is 0 Å². The summed E-state index contributed by atoms with van der Waals surface area (Å²) in [6.07, 6.45) is 0.383. The van der Waals surface area contributed by atoms with Gasteiger partial charge in [0, 0.05) is 44.2 Å². The fourth-order valence-corrected chi connectivity index (χ4v) is 2.99. The van der Waals surface area contributed by atoms with Crippen molar-refractivity contribution in [2.45, 2.75) is 13.0 Å². The van der Waals surface area contributed by atoms with E-state index in [0.29, 0.717) is 51.3 Å². The van der Waals surface area contributed by atoms with Gasteiger partial charge in [0.05, 0.1) is 6.54 Å². The number of amides is 1. The van der Waals surface area contributed by atoms with E-state index in [1.807, 2.05) is 35.2 Å². The molecule has 0 unspecified atom stereocenters. The number of ether oxygens (including phenoxy) is 1. The quantitative estimate of drug-likeness (QED) is 0.794. The SMILES string of the molecule is O=C1CCN(Cc2ccc(F)cc2F)CCN1CCOc1ccccc1. The highest BCUT2D eigenvalue weighted by Crippen LogP contribution is 2.15. The van der Waals surface area contributed by atoms with Crippen LogP contribution >= 0.6 is 0 Å². The van der Waals surface area contributed by atoms with Crippen LogP contribution in [-0.4, -0.2) is 48.5 Å². The molecule has 0 spiro atoms. The van der Waals surface area contributed by atoms with Crippen LogP contribution in [0.2, 0.25) is 0 Å². The summed E-state index contributed by atoms with van der Waals surface area (Å²) in [7, 11) is 0. The van der Waals surface area contributed by atoms with E-state index in [-0.39, 0.29) is 5.91 Å². The summed E-state index contributed by atoms with van der Waals surface area (Å²) in [6, 6.07) is 13.1. The second-order valence-electron chi connectivity index (χ2n) is 6.30. The summed E-state index contributed by atoms with van der Waals surface area (Å²) in [5.74, 6) is -0.275. The van der Waals surface area contributed by atoms with E-state index in [1.54, 1.807) is 4.90 Å². The zero-order valence-corrected chi connectivity index (χ0v) is 14.5. The first-order valence-corrected chi connectivity index (χ1v) is 8.74. The predicted molar refractivity (Wildman–Crippen MR) is 94.8 cm³/mol. The summed E-state index contributed by atoms with van der Waals surface area (Å²) in [4.78, 5) is 16.1. The van der Waals surface area contributed by atoms with Crippen molar-refractivity contribution in [3.63, 3.8) is 0 Å². The number of para-hydroxylation sites is 1. The molecule has 0 N–H and O–H groups in total. The molecular weight excluding hydrogens is 338 g/mol. The van der Waals surface area contributed by atoms with Crippen LogP contribution in [0.4, 0.5) is 8.78 Å². The number of rotatable bonds is 6. The van der Waals surface area contributed by atoms with Gasteiger partial charge < -0.3 is 9.64 Å². The Morgan fingerprint density at radius 2 is 1.81 bits per heavy atom. The molecule has 0 atom stereocenters. The normalized spacial score (nSPS) is 15.8. The lowest BCUT2D eigenvalue weighted by Gasteiger charge is -2.22. The molecule has 3 rings (SSSR count). The number of halogens is 2. The molecule has 1 aliphatic heterocycles. The molecule has 1 saturated heterocycles. The zero-order chi connectivity index (χ0) is 18.4. The smallest absolute Gasteiger partial charge is 0.224 e. The third-order valence-electron chi connectivity index (χ3n) is 4.46. The Hall–Kier alpha value is -2.47. The summed E-state index contributed by atoms with van der Waals surface area (Å²) >= 11 is 0. The van der Waals surface area contributed by atoms with Gasteiger partial charge in [-0.05, 0) is 18.2 Å². The Morgan fingerprint density at radius 3 is 2.58 bits per heavy atom. The molecule has 1 heterocycles. The highest BCUT2D eigenvalue weighted by molar-refractivity contribution is 5.76. The van der Waals surface area contributed by atoms with E-state index in [9.17, 15) is 13.6 Å². The summed E-state index contributed by atoms with van der Waals surface area (Å²) < 4.78 is 32.5. The highest BCUT2D eigenvalue weighted by atomic mass is 19.1. The molecule has 1 aliphatic rings. The Bertz CT molecular complexity index is 740. The average molecular weight is 360 g/mol. The Kier molecular flexibility index (Phi) is 6.17. The molecular formula is C20H22F2N2O2. The molecule has 0 bridgehead atoms. The predicted octanol–water partition coefficient (Wildman–Crippen LogP) is 3.08. The molecule has 1 amide bonds. The Morgan fingerprint density at radius 1 is 1.00 bits per heavy atom. The van der Waals surface area contributed by atoms with Crippen molar-refractivity contribution in [3.8, 4) is 5.75 Å². The fraction of sp³-hybridized carbons (Fsp3) is 0.350. The molecule has 4 nitrogen and oxygen atoms in total. The van der Waals surface area contributed by atoms with Crippen LogP contribution in [0.3, 0.4) is 0 Å². The van der Waals surface area contributed by atoms with Gasteiger partial charge in [0.25, 0.3) is 0 Å². The second-order valence-corrected chi connectivity index (χ2v) is 6.30. The molecule has 0 radical (unpaired) electrons. The number of carbonyl (C=O) groups is 1. The molecule has 2 aromatic carbocycles. The topological polar surface area (TPSA) is 32.8 Å². The largest absolute Gasteiger partial charge is 0.492 e. The van der Waals surface area contributed by atoms with Crippen molar-refractivity contribution < 1.29 is 18.3 Å². The monoisotopic (exact) mass is 360 g/mol. The van der Waals surface area contributed by atoms with Gasteiger partial charge in [-0.15, -0.1) is 0 Å². The molecule has 2 aromatic rings. The highest BCUT2D eigenvalue weighted by Gasteiger charge is 2.21. The first kappa shape index (κ1) is 18.3. The summed E-state index contributed by atoms with van der Waals surface area (Å²) in [6.45, 7) is 3.10. The second kappa shape index (κ2) is 8.76. The Balaban J connectivity index is 1.50. The van der Waals surface area contributed by atoms with Crippen LogP contribution in [-0.2, 0) is 11.3 Å². The van der Waals surface area contributed by atoms with Gasteiger partial charge in [0.15, 0.2) is 0 Å². The molecule has 0 aliphatic carbocycles. The molecule has 0 aromatic heterocycles. The van der Waals surface area contributed by atoms with Crippen molar-refractivity contribution in [1.82, 2.24) is 9.80 Å². The van der Waals surface area contributed by atoms with Crippen LogP contribution in [0.5, 0.6) is 5.75 Å². The molecule has 6 heteroatoms. The van der Waals surface area contributed by atoms with Gasteiger partial charge in [-0.1, -0.05) is 24.3 Å². The number of carbonyl (C=O) groups excluding carboxylic acids is 1. The first-order valence-electron chi connectivity index (χ1n) is 8.74. The lowest BCUT2D eigenvalue weighted by Crippen LogP contribution is -2.36. The van der Waals surface area contributed by atoms with Crippen LogP contribution in [0.15, 0.2) is 48.5 Å². The molecule has 1 fully saturated rings. The van der Waals surface area contributed by atoms with Gasteiger partial charge >= 0.3 is 0 Å². The van der Waals surface area contributed by atoms with Crippen molar-refractivity contribution in [1.29, 1.82) is 0 Å². The first-order chi connectivity index (χ1) is 12.6. The van der Waals surface area contributed by atoms with Crippen molar-refractivity contribution in [2.24, 2.45) is 0 Å². The lowest BCUT2D eigenvalue weighted by molar-refractivity contribution is -0.130. The maximum atomic E-state index is 13.8. The van der Waals surface area contributed by atoms with Crippen LogP contribution in [0, 0.1) is 11.6 Å². The summed E-state index contributed by atoms with van der Waals surface area (Å²) in [5, 5.41) is 0. The van der Waals surface area contributed by atoms with E-state index in [2.05, 4.69) is 0 Å². The minimum Gasteiger partial charge on any atom is -0.492 e. The van der Waals surface area contributed by atoms with E-state index in [1.165, 1.54) is 12.1 Å². The standard InChI is InChI=1S/C20H22F2N2O2/c21-17-7-6-16(19(22)14-17)15-23-9-8-20(25)24(11-10-23)12-13-26-18-4-2-1-3-5-18/h1-7,14H,8-13,15H2.